The van der Waals surface area contributed by atoms with E-state index in [9.17, 15) is 4.79 Å². The van der Waals surface area contributed by atoms with E-state index in [4.69, 9.17) is 17.3 Å². The van der Waals surface area contributed by atoms with E-state index in [1.807, 2.05) is 0 Å². The van der Waals surface area contributed by atoms with Gasteiger partial charge < -0.3 is 10.5 Å². The Morgan fingerprint density at radius 2 is 2.17 bits per heavy atom. The summed E-state index contributed by atoms with van der Waals surface area (Å²) in [4.78, 5) is 17.5. The molecule has 1 rings (SSSR count). The average Bonchev–Trinajstić information content (AvgIpc) is 2.03. The van der Waals surface area contributed by atoms with Gasteiger partial charge in [0.05, 0.1) is 0 Å². The van der Waals surface area contributed by atoms with Crippen LogP contribution in [0.4, 0.5) is 4.79 Å². The molecule has 2 N–H and O–H groups in total. The van der Waals surface area contributed by atoms with Crippen LogP contribution in [0.1, 0.15) is 5.56 Å². The Hall–Kier alpha value is -1.36. The van der Waals surface area contributed by atoms with E-state index >= 15 is 0 Å². The normalized spacial score (nSPS) is 9.42. The summed E-state index contributed by atoms with van der Waals surface area (Å²) in [5.41, 5.74) is 5.38. The minimum atomic E-state index is -0.829. The van der Waals surface area contributed by atoms with Crippen molar-refractivity contribution in [1.82, 2.24) is 9.97 Å². The zero-order chi connectivity index (χ0) is 8.97. The molecule has 1 heterocycles. The molecule has 1 amide bonds. The Morgan fingerprint density at radius 3 is 2.67 bits per heavy atom. The maximum atomic E-state index is 10.2. The first kappa shape index (κ1) is 8.73. The molecule has 12 heavy (non-hydrogen) atoms. The van der Waals surface area contributed by atoms with Gasteiger partial charge in [-0.05, 0) is 11.6 Å². The number of carbonyl (C=O) groups is 1. The van der Waals surface area contributed by atoms with Crippen LogP contribution in [-0.2, 0) is 11.3 Å². The molecule has 0 atom stereocenters. The van der Waals surface area contributed by atoms with E-state index in [0.29, 0.717) is 5.56 Å². The summed E-state index contributed by atoms with van der Waals surface area (Å²) in [7, 11) is 0. The predicted molar refractivity (Wildman–Crippen MR) is 41.4 cm³/mol. The topological polar surface area (TPSA) is 78.1 Å². The minimum absolute atomic E-state index is 0.0620. The molecule has 64 valence electrons. The molecule has 0 fully saturated rings. The standard InChI is InChI=1S/C6H6ClN3O2/c7-5-9-1-4(2-10-5)3-12-6(8)11/h1-2H,3H2,(H2,8,11). The van der Waals surface area contributed by atoms with Gasteiger partial charge in [-0.3, -0.25) is 0 Å². The van der Waals surface area contributed by atoms with Gasteiger partial charge in [0.15, 0.2) is 0 Å². The number of hydrogen-bond acceptors (Lipinski definition) is 4. The van der Waals surface area contributed by atoms with E-state index in [0.717, 1.165) is 0 Å². The Labute approximate surface area is 73.5 Å². The zero-order valence-corrected chi connectivity index (χ0v) is 6.78. The number of primary amides is 1. The number of nitrogens with zero attached hydrogens (tertiary/aromatic N) is 2. The van der Waals surface area contributed by atoms with Gasteiger partial charge >= 0.3 is 6.09 Å². The number of hydrogen-bond donors (Lipinski definition) is 1. The van der Waals surface area contributed by atoms with E-state index < -0.39 is 6.09 Å². The van der Waals surface area contributed by atoms with Crippen LogP contribution in [0, 0.1) is 0 Å². The minimum Gasteiger partial charge on any atom is -0.445 e. The van der Waals surface area contributed by atoms with Gasteiger partial charge in [-0.25, -0.2) is 14.8 Å². The molecule has 6 heteroatoms. The molecule has 0 radical (unpaired) electrons. The third kappa shape index (κ3) is 2.71. The molecule has 0 aromatic carbocycles. The van der Waals surface area contributed by atoms with Gasteiger partial charge in [-0.15, -0.1) is 0 Å². The number of carbonyl (C=O) groups excluding carboxylic acids is 1. The second-order valence-corrected chi connectivity index (χ2v) is 2.31. The van der Waals surface area contributed by atoms with E-state index in [2.05, 4.69) is 14.7 Å². The summed E-state index contributed by atoms with van der Waals surface area (Å²) in [6, 6.07) is 0. The van der Waals surface area contributed by atoms with Crippen LogP contribution in [0.3, 0.4) is 0 Å². The SMILES string of the molecule is NC(=O)OCc1cnc(Cl)nc1. The third-order valence-electron chi connectivity index (χ3n) is 1.05. The monoisotopic (exact) mass is 187 g/mol. The lowest BCUT2D eigenvalue weighted by Gasteiger charge is -1.99. The van der Waals surface area contributed by atoms with E-state index in [-0.39, 0.29) is 11.9 Å². The van der Waals surface area contributed by atoms with Crippen molar-refractivity contribution in [2.24, 2.45) is 5.73 Å². The second kappa shape index (κ2) is 3.87. The predicted octanol–water partition coefficient (Wildman–Crippen LogP) is 0.725. The molecule has 0 saturated heterocycles. The number of nitrogens with two attached hydrogens (primary N) is 1. The molecule has 1 aromatic heterocycles. The molecule has 0 saturated carbocycles. The van der Waals surface area contributed by atoms with Crippen LogP contribution in [-0.4, -0.2) is 16.1 Å². The lowest BCUT2D eigenvalue weighted by molar-refractivity contribution is 0.150. The lowest BCUT2D eigenvalue weighted by atomic mass is 10.4. The highest BCUT2D eigenvalue weighted by atomic mass is 35.5. The Balaban J connectivity index is 2.53. The van der Waals surface area contributed by atoms with E-state index in [1.54, 1.807) is 0 Å². The highest BCUT2D eigenvalue weighted by Gasteiger charge is 1.97. The molecular formula is C6H6ClN3O2. The Bertz CT molecular complexity index is 275. The molecule has 0 spiro atoms. The third-order valence-corrected chi connectivity index (χ3v) is 1.25. The number of aromatic nitrogens is 2. The molecular weight excluding hydrogens is 182 g/mol. The van der Waals surface area contributed by atoms with Gasteiger partial charge in [-0.1, -0.05) is 0 Å². The van der Waals surface area contributed by atoms with Gasteiger partial charge in [-0.2, -0.15) is 0 Å². The first-order valence-electron chi connectivity index (χ1n) is 3.07. The van der Waals surface area contributed by atoms with E-state index in [1.165, 1.54) is 12.4 Å². The van der Waals surface area contributed by atoms with Crippen molar-refractivity contribution in [2.45, 2.75) is 6.61 Å². The fourth-order valence-electron chi connectivity index (χ4n) is 0.568. The average molecular weight is 188 g/mol. The first-order valence-corrected chi connectivity index (χ1v) is 3.45. The van der Waals surface area contributed by atoms with Crippen molar-refractivity contribution >= 4 is 17.7 Å². The maximum absolute atomic E-state index is 10.2. The van der Waals surface area contributed by atoms with Crippen molar-refractivity contribution in [2.75, 3.05) is 0 Å². The molecule has 0 bridgehead atoms. The molecule has 0 aliphatic rings. The largest absolute Gasteiger partial charge is 0.445 e. The summed E-state index contributed by atoms with van der Waals surface area (Å²) >= 11 is 5.42. The number of halogens is 1. The summed E-state index contributed by atoms with van der Waals surface area (Å²) in [5.74, 6) is 0. The second-order valence-electron chi connectivity index (χ2n) is 1.97. The highest BCUT2D eigenvalue weighted by Crippen LogP contribution is 2.01. The van der Waals surface area contributed by atoms with Crippen molar-refractivity contribution in [3.8, 4) is 0 Å². The van der Waals surface area contributed by atoms with Crippen LogP contribution in [0.2, 0.25) is 5.28 Å². The van der Waals surface area contributed by atoms with Crippen molar-refractivity contribution < 1.29 is 9.53 Å². The summed E-state index contributed by atoms with van der Waals surface area (Å²) < 4.78 is 4.48. The molecule has 0 aliphatic heterocycles. The van der Waals surface area contributed by atoms with Crippen LogP contribution in [0.25, 0.3) is 0 Å². The van der Waals surface area contributed by atoms with Crippen molar-refractivity contribution in [3.05, 3.63) is 23.2 Å². The number of ether oxygens (including phenoxy) is 1. The van der Waals surface area contributed by atoms with Gasteiger partial charge in [0.1, 0.15) is 6.61 Å². The fourth-order valence-corrected chi connectivity index (χ4v) is 0.666. The number of amides is 1. The number of rotatable bonds is 2. The highest BCUT2D eigenvalue weighted by molar-refractivity contribution is 6.28. The zero-order valence-electron chi connectivity index (χ0n) is 6.03. The maximum Gasteiger partial charge on any atom is 0.404 e. The van der Waals surface area contributed by atoms with Crippen LogP contribution >= 0.6 is 11.6 Å². The van der Waals surface area contributed by atoms with Gasteiger partial charge in [0.2, 0.25) is 5.28 Å². The Morgan fingerprint density at radius 1 is 1.58 bits per heavy atom. The first-order chi connectivity index (χ1) is 5.68. The molecule has 5 nitrogen and oxygen atoms in total. The molecule has 0 unspecified atom stereocenters. The molecule has 1 aromatic rings. The van der Waals surface area contributed by atoms with Crippen LogP contribution in [0.5, 0.6) is 0 Å². The van der Waals surface area contributed by atoms with Crippen molar-refractivity contribution in [1.29, 1.82) is 0 Å². The molecule has 0 aliphatic carbocycles. The van der Waals surface area contributed by atoms with Crippen LogP contribution < -0.4 is 5.73 Å². The fraction of sp³-hybridized carbons (Fsp3) is 0.167. The Kier molecular flexibility index (Phi) is 2.82. The summed E-state index contributed by atoms with van der Waals surface area (Å²) in [6.07, 6.45) is 2.08. The van der Waals surface area contributed by atoms with Gasteiger partial charge in [0.25, 0.3) is 0 Å². The van der Waals surface area contributed by atoms with Gasteiger partial charge in [0, 0.05) is 18.0 Å². The quantitative estimate of drug-likeness (QED) is 0.693. The lowest BCUT2D eigenvalue weighted by Crippen LogP contribution is -2.12. The summed E-state index contributed by atoms with van der Waals surface area (Å²) in [6.45, 7) is 0.0620. The summed E-state index contributed by atoms with van der Waals surface area (Å²) in [5, 5.41) is 0.151. The smallest absolute Gasteiger partial charge is 0.404 e. The van der Waals surface area contributed by atoms with Crippen LogP contribution in [0.15, 0.2) is 12.4 Å². The van der Waals surface area contributed by atoms with Crippen molar-refractivity contribution in [3.63, 3.8) is 0 Å².